The fourth-order valence-electron chi connectivity index (χ4n) is 2.60. The summed E-state index contributed by atoms with van der Waals surface area (Å²) in [4.78, 5) is 25.3. The molecule has 1 aliphatic rings. The second-order valence-electron chi connectivity index (χ2n) is 5.01. The molecule has 6 heteroatoms. The maximum absolute atomic E-state index is 12.2. The number of aliphatic carboxylic acids is 1. The van der Waals surface area contributed by atoms with Gasteiger partial charge in [0, 0.05) is 27.3 Å². The van der Waals surface area contributed by atoms with Gasteiger partial charge in [0.05, 0.1) is 6.61 Å². The van der Waals surface area contributed by atoms with Gasteiger partial charge in [0.15, 0.2) is 0 Å². The summed E-state index contributed by atoms with van der Waals surface area (Å²) in [5.41, 5.74) is -0.991. The molecule has 0 aromatic heterocycles. The molecule has 0 aromatic carbocycles. The Kier molecular flexibility index (Phi) is 5.75. The Bertz CT molecular complexity index is 325. The predicted octanol–water partition coefficient (Wildman–Crippen LogP) is 0.751. The van der Waals surface area contributed by atoms with E-state index in [1.54, 1.807) is 4.90 Å². The normalized spacial score (nSPS) is 25.1. The van der Waals surface area contributed by atoms with Crippen LogP contribution < -0.4 is 0 Å². The molecule has 1 amide bonds. The average molecular weight is 273 g/mol. The highest BCUT2D eigenvalue weighted by Crippen LogP contribution is 2.31. The third kappa shape index (κ3) is 3.45. The fraction of sp³-hybridized carbons (Fsp3) is 0.846. The lowest BCUT2D eigenvalue weighted by atomic mass is 9.80. The van der Waals surface area contributed by atoms with E-state index in [9.17, 15) is 14.7 Å². The molecular formula is C13H23NO5. The average Bonchev–Trinajstić information content (AvgIpc) is 2.40. The van der Waals surface area contributed by atoms with E-state index in [1.807, 2.05) is 6.92 Å². The minimum Gasteiger partial charge on any atom is -0.481 e. The summed E-state index contributed by atoms with van der Waals surface area (Å²) >= 11 is 0. The van der Waals surface area contributed by atoms with E-state index in [2.05, 4.69) is 0 Å². The summed E-state index contributed by atoms with van der Waals surface area (Å²) in [7, 11) is 2.98. The summed E-state index contributed by atoms with van der Waals surface area (Å²) in [6.07, 6.45) is 1.29. The number of ether oxygens (including phenoxy) is 2. The van der Waals surface area contributed by atoms with Crippen LogP contribution in [0.15, 0.2) is 0 Å². The van der Waals surface area contributed by atoms with E-state index < -0.39 is 17.5 Å². The summed E-state index contributed by atoms with van der Waals surface area (Å²) in [5.74, 6) is -1.04. The predicted molar refractivity (Wildman–Crippen MR) is 68.8 cm³/mol. The van der Waals surface area contributed by atoms with Crippen LogP contribution in [0.25, 0.3) is 0 Å². The van der Waals surface area contributed by atoms with Crippen LogP contribution in [-0.2, 0) is 19.1 Å². The summed E-state index contributed by atoms with van der Waals surface area (Å²) in [6, 6.07) is 0. The molecule has 19 heavy (non-hydrogen) atoms. The highest BCUT2D eigenvalue weighted by molar-refractivity contribution is 5.83. The second kappa shape index (κ2) is 6.86. The van der Waals surface area contributed by atoms with Crippen molar-refractivity contribution in [2.24, 2.45) is 5.41 Å². The van der Waals surface area contributed by atoms with E-state index in [4.69, 9.17) is 9.47 Å². The van der Waals surface area contributed by atoms with Crippen molar-refractivity contribution in [1.82, 2.24) is 4.90 Å². The van der Waals surface area contributed by atoms with Gasteiger partial charge in [0.2, 0.25) is 0 Å². The Labute approximate surface area is 113 Å². The van der Waals surface area contributed by atoms with Gasteiger partial charge in [0.25, 0.3) is 5.91 Å². The summed E-state index contributed by atoms with van der Waals surface area (Å²) in [5, 5.41) is 9.42. The molecule has 0 aliphatic carbocycles. The number of carboxylic acid groups (broad SMARTS) is 1. The van der Waals surface area contributed by atoms with Crippen LogP contribution in [0.2, 0.25) is 0 Å². The van der Waals surface area contributed by atoms with E-state index in [1.165, 1.54) is 14.2 Å². The number of hydrogen-bond donors (Lipinski definition) is 1. The van der Waals surface area contributed by atoms with Crippen molar-refractivity contribution in [3.8, 4) is 0 Å². The number of likely N-dealkylation sites (tertiary alicyclic amines) is 1. The highest BCUT2D eigenvalue weighted by Gasteiger charge is 2.44. The molecular weight excluding hydrogens is 250 g/mol. The number of rotatable bonds is 6. The number of carboxylic acids is 1. The quantitative estimate of drug-likeness (QED) is 0.773. The zero-order valence-electron chi connectivity index (χ0n) is 11.8. The summed E-state index contributed by atoms with van der Waals surface area (Å²) < 4.78 is 10.2. The Morgan fingerprint density at radius 1 is 1.42 bits per heavy atom. The number of hydrogen-bond acceptors (Lipinski definition) is 4. The monoisotopic (exact) mass is 273 g/mol. The van der Waals surface area contributed by atoms with Gasteiger partial charge in [-0.3, -0.25) is 9.59 Å². The number of amides is 1. The van der Waals surface area contributed by atoms with Crippen LogP contribution in [-0.4, -0.2) is 61.9 Å². The second-order valence-corrected chi connectivity index (χ2v) is 5.01. The van der Waals surface area contributed by atoms with Crippen LogP contribution in [0.5, 0.6) is 0 Å². The van der Waals surface area contributed by atoms with Crippen molar-refractivity contribution in [3.63, 3.8) is 0 Å². The number of carbonyl (C=O) groups excluding carboxylic acids is 1. The molecule has 1 rings (SSSR count). The Morgan fingerprint density at radius 3 is 2.58 bits per heavy atom. The maximum atomic E-state index is 12.2. The van der Waals surface area contributed by atoms with Crippen molar-refractivity contribution in [2.45, 2.75) is 32.3 Å². The molecule has 2 unspecified atom stereocenters. The molecule has 0 saturated carbocycles. The number of nitrogens with zero attached hydrogens (tertiary/aromatic N) is 1. The van der Waals surface area contributed by atoms with Gasteiger partial charge in [-0.1, -0.05) is 6.92 Å². The minimum atomic E-state index is -0.991. The minimum absolute atomic E-state index is 0.121. The molecule has 0 aromatic rings. The molecule has 1 saturated heterocycles. The number of carbonyl (C=O) groups is 2. The van der Waals surface area contributed by atoms with E-state index in [0.717, 1.165) is 0 Å². The lowest BCUT2D eigenvalue weighted by Crippen LogP contribution is -2.54. The van der Waals surface area contributed by atoms with E-state index in [-0.39, 0.29) is 19.1 Å². The van der Waals surface area contributed by atoms with Crippen LogP contribution >= 0.6 is 0 Å². The molecule has 1 fully saturated rings. The lowest BCUT2D eigenvalue weighted by Gasteiger charge is -2.40. The van der Waals surface area contributed by atoms with Gasteiger partial charge in [-0.2, -0.15) is 0 Å². The smallest absolute Gasteiger partial charge is 0.313 e. The van der Waals surface area contributed by atoms with Gasteiger partial charge in [-0.15, -0.1) is 0 Å². The highest BCUT2D eigenvalue weighted by atomic mass is 16.5. The van der Waals surface area contributed by atoms with Crippen LogP contribution in [0.3, 0.4) is 0 Å². The van der Waals surface area contributed by atoms with Crippen LogP contribution in [0.4, 0.5) is 0 Å². The third-order valence-corrected chi connectivity index (χ3v) is 3.69. The van der Waals surface area contributed by atoms with Crippen LogP contribution in [0.1, 0.15) is 26.2 Å². The first-order chi connectivity index (χ1) is 9.00. The number of methoxy groups -OCH3 is 2. The van der Waals surface area contributed by atoms with Crippen molar-refractivity contribution < 1.29 is 24.2 Å². The third-order valence-electron chi connectivity index (χ3n) is 3.69. The topological polar surface area (TPSA) is 76.1 Å². The van der Waals surface area contributed by atoms with E-state index >= 15 is 0 Å². The molecule has 0 bridgehead atoms. The van der Waals surface area contributed by atoms with Crippen molar-refractivity contribution >= 4 is 11.9 Å². The Morgan fingerprint density at radius 2 is 2.11 bits per heavy atom. The maximum Gasteiger partial charge on any atom is 0.313 e. The largest absolute Gasteiger partial charge is 0.481 e. The molecule has 6 nitrogen and oxygen atoms in total. The van der Waals surface area contributed by atoms with Crippen molar-refractivity contribution in [2.75, 3.05) is 33.9 Å². The SMILES string of the molecule is CCC(OC)C(=O)N1CCCC(COC)(C(=O)O)C1. The zero-order valence-corrected chi connectivity index (χ0v) is 11.8. The van der Waals surface area contributed by atoms with Gasteiger partial charge >= 0.3 is 5.97 Å². The molecule has 1 N–H and O–H groups in total. The Hall–Kier alpha value is -1.14. The molecule has 1 heterocycles. The van der Waals surface area contributed by atoms with Crippen molar-refractivity contribution in [1.29, 1.82) is 0 Å². The standard InChI is InChI=1S/C13H23NO5/c1-4-10(19-3)11(15)14-7-5-6-13(8-14,9-18-2)12(16)17/h10H,4-9H2,1-3H3,(H,16,17). The molecule has 0 radical (unpaired) electrons. The summed E-state index contributed by atoms with van der Waals surface area (Å²) in [6.45, 7) is 2.76. The lowest BCUT2D eigenvalue weighted by molar-refractivity contribution is -0.161. The van der Waals surface area contributed by atoms with Gasteiger partial charge in [-0.25, -0.2) is 0 Å². The first-order valence-electron chi connectivity index (χ1n) is 6.54. The van der Waals surface area contributed by atoms with Gasteiger partial charge < -0.3 is 19.5 Å². The molecule has 2 atom stereocenters. The molecule has 1 aliphatic heterocycles. The molecule has 110 valence electrons. The van der Waals surface area contributed by atoms with Gasteiger partial charge in [-0.05, 0) is 19.3 Å². The zero-order chi connectivity index (χ0) is 14.5. The first-order valence-corrected chi connectivity index (χ1v) is 6.54. The van der Waals surface area contributed by atoms with Gasteiger partial charge in [0.1, 0.15) is 11.5 Å². The first kappa shape index (κ1) is 15.9. The fourth-order valence-corrected chi connectivity index (χ4v) is 2.60. The molecule has 0 spiro atoms. The Balaban J connectivity index is 2.82. The van der Waals surface area contributed by atoms with Crippen molar-refractivity contribution in [3.05, 3.63) is 0 Å². The van der Waals surface area contributed by atoms with E-state index in [0.29, 0.717) is 25.8 Å². The number of piperidine rings is 1. The van der Waals surface area contributed by atoms with Crippen LogP contribution in [0, 0.1) is 5.41 Å².